The Balaban J connectivity index is 1.81. The molecule has 0 unspecified atom stereocenters. The average molecular weight is 278 g/mol. The van der Waals surface area contributed by atoms with Crippen LogP contribution in [-0.4, -0.2) is 23.4 Å². The van der Waals surface area contributed by atoms with Gasteiger partial charge in [0.05, 0.1) is 13.2 Å². The van der Waals surface area contributed by atoms with Crippen molar-refractivity contribution in [1.82, 2.24) is 10.2 Å². The normalized spacial score (nSPS) is 13.7. The molecule has 5 nitrogen and oxygen atoms in total. The molecule has 0 spiro atoms. The van der Waals surface area contributed by atoms with E-state index in [2.05, 4.69) is 15.5 Å². The van der Waals surface area contributed by atoms with Crippen LogP contribution in [0.25, 0.3) is 0 Å². The summed E-state index contributed by atoms with van der Waals surface area (Å²) in [7, 11) is 0. The number of rotatable bonds is 2. The maximum Gasteiger partial charge on any atom is 0.163 e. The summed E-state index contributed by atoms with van der Waals surface area (Å²) >= 11 is 5.69. The van der Waals surface area contributed by atoms with Gasteiger partial charge in [0.1, 0.15) is 0 Å². The molecule has 0 saturated carbocycles. The lowest BCUT2D eigenvalue weighted by Gasteiger charge is -2.10. The Morgan fingerprint density at radius 3 is 2.63 bits per heavy atom. The van der Waals surface area contributed by atoms with E-state index in [0.717, 1.165) is 23.6 Å². The van der Waals surface area contributed by atoms with Crippen LogP contribution in [-0.2, 0) is 0 Å². The molecule has 19 heavy (non-hydrogen) atoms. The number of ether oxygens (including phenoxy) is 2. The highest BCUT2D eigenvalue weighted by Crippen LogP contribution is 2.33. The first kappa shape index (κ1) is 12.0. The second-order valence-electron chi connectivity index (χ2n) is 4.08. The molecule has 0 atom stereocenters. The van der Waals surface area contributed by atoms with Crippen molar-refractivity contribution in [2.45, 2.75) is 6.42 Å². The predicted molar refractivity (Wildman–Crippen MR) is 72.4 cm³/mol. The Hall–Kier alpha value is -2.01. The van der Waals surface area contributed by atoms with E-state index in [0.29, 0.717) is 24.2 Å². The highest BCUT2D eigenvalue weighted by Gasteiger charge is 2.10. The SMILES string of the molecule is Clc1ccc(Nc2ccc3c(c2)OCCCO3)nn1. The molecular formula is C13H12ClN3O2. The fraction of sp³-hybridized carbons (Fsp3) is 0.231. The molecule has 0 radical (unpaired) electrons. The van der Waals surface area contributed by atoms with E-state index in [4.69, 9.17) is 21.1 Å². The van der Waals surface area contributed by atoms with E-state index < -0.39 is 0 Å². The first-order chi connectivity index (χ1) is 9.31. The first-order valence-electron chi connectivity index (χ1n) is 5.97. The highest BCUT2D eigenvalue weighted by molar-refractivity contribution is 6.29. The number of halogens is 1. The molecule has 2 heterocycles. The smallest absolute Gasteiger partial charge is 0.163 e. The van der Waals surface area contributed by atoms with Crippen molar-refractivity contribution in [1.29, 1.82) is 0 Å². The Morgan fingerprint density at radius 2 is 1.84 bits per heavy atom. The summed E-state index contributed by atoms with van der Waals surface area (Å²) in [5.41, 5.74) is 0.862. The van der Waals surface area contributed by atoms with Gasteiger partial charge in [-0.15, -0.1) is 10.2 Å². The molecule has 98 valence electrons. The molecule has 1 aromatic carbocycles. The summed E-state index contributed by atoms with van der Waals surface area (Å²) in [5.74, 6) is 2.13. The monoisotopic (exact) mass is 277 g/mol. The van der Waals surface area contributed by atoms with Gasteiger partial charge in [-0.2, -0.15) is 0 Å². The number of nitrogens with zero attached hydrogens (tertiary/aromatic N) is 2. The van der Waals surface area contributed by atoms with Gasteiger partial charge in [-0.3, -0.25) is 0 Å². The molecule has 1 aromatic heterocycles. The lowest BCUT2D eigenvalue weighted by Crippen LogP contribution is -1.97. The number of anilines is 2. The minimum atomic E-state index is 0.365. The summed E-state index contributed by atoms with van der Waals surface area (Å²) < 4.78 is 11.2. The van der Waals surface area contributed by atoms with Crippen LogP contribution in [0.5, 0.6) is 11.5 Å². The molecule has 6 heteroatoms. The highest BCUT2D eigenvalue weighted by atomic mass is 35.5. The molecule has 1 aliphatic rings. The summed E-state index contributed by atoms with van der Waals surface area (Å²) in [5, 5.41) is 11.2. The molecule has 0 bridgehead atoms. The zero-order valence-corrected chi connectivity index (χ0v) is 10.9. The van der Waals surface area contributed by atoms with Crippen LogP contribution in [0.2, 0.25) is 5.15 Å². The van der Waals surface area contributed by atoms with E-state index in [1.165, 1.54) is 0 Å². The Morgan fingerprint density at radius 1 is 1.00 bits per heavy atom. The van der Waals surface area contributed by atoms with Crippen LogP contribution in [0.1, 0.15) is 6.42 Å². The van der Waals surface area contributed by atoms with Crippen LogP contribution in [0, 0.1) is 0 Å². The number of fused-ring (bicyclic) bond motifs is 1. The van der Waals surface area contributed by atoms with Gasteiger partial charge in [0.25, 0.3) is 0 Å². The number of hydrogen-bond donors (Lipinski definition) is 1. The number of nitrogens with one attached hydrogen (secondary N) is 1. The fourth-order valence-electron chi connectivity index (χ4n) is 1.77. The van der Waals surface area contributed by atoms with Crippen molar-refractivity contribution in [3.8, 4) is 11.5 Å². The van der Waals surface area contributed by atoms with Crippen molar-refractivity contribution < 1.29 is 9.47 Å². The van der Waals surface area contributed by atoms with Crippen LogP contribution >= 0.6 is 11.6 Å². The van der Waals surface area contributed by atoms with E-state index >= 15 is 0 Å². The van der Waals surface area contributed by atoms with Crippen LogP contribution in [0.15, 0.2) is 30.3 Å². The molecular weight excluding hydrogens is 266 g/mol. The summed E-state index contributed by atoms with van der Waals surface area (Å²) in [6, 6.07) is 9.12. The first-order valence-corrected chi connectivity index (χ1v) is 6.35. The van der Waals surface area contributed by atoms with Crippen molar-refractivity contribution in [3.63, 3.8) is 0 Å². The van der Waals surface area contributed by atoms with Crippen molar-refractivity contribution in [3.05, 3.63) is 35.5 Å². The van der Waals surface area contributed by atoms with Gasteiger partial charge in [0, 0.05) is 18.2 Å². The molecule has 0 fully saturated rings. The average Bonchev–Trinajstić information content (AvgIpc) is 2.66. The summed E-state index contributed by atoms with van der Waals surface area (Å²) in [4.78, 5) is 0. The third kappa shape index (κ3) is 2.88. The molecule has 0 saturated heterocycles. The van der Waals surface area contributed by atoms with E-state index in [-0.39, 0.29) is 0 Å². The maximum atomic E-state index is 5.69. The van der Waals surface area contributed by atoms with E-state index in [1.54, 1.807) is 12.1 Å². The quantitative estimate of drug-likeness (QED) is 0.914. The van der Waals surface area contributed by atoms with Crippen LogP contribution in [0.3, 0.4) is 0 Å². The third-order valence-electron chi connectivity index (χ3n) is 2.65. The maximum absolute atomic E-state index is 5.69. The third-order valence-corrected chi connectivity index (χ3v) is 2.85. The minimum absolute atomic E-state index is 0.365. The van der Waals surface area contributed by atoms with Gasteiger partial charge in [-0.1, -0.05) is 11.6 Å². The van der Waals surface area contributed by atoms with Crippen molar-refractivity contribution in [2.24, 2.45) is 0 Å². The second kappa shape index (κ2) is 5.32. The van der Waals surface area contributed by atoms with E-state index in [1.807, 2.05) is 18.2 Å². The zero-order chi connectivity index (χ0) is 13.1. The number of aromatic nitrogens is 2. The van der Waals surface area contributed by atoms with Gasteiger partial charge in [0.15, 0.2) is 22.5 Å². The largest absolute Gasteiger partial charge is 0.490 e. The minimum Gasteiger partial charge on any atom is -0.490 e. The zero-order valence-electron chi connectivity index (χ0n) is 10.1. The Labute approximate surface area is 115 Å². The molecule has 1 aliphatic heterocycles. The Kier molecular flexibility index (Phi) is 3.37. The molecule has 0 aliphatic carbocycles. The summed E-state index contributed by atoms with van der Waals surface area (Å²) in [6.45, 7) is 1.35. The van der Waals surface area contributed by atoms with E-state index in [9.17, 15) is 0 Å². The van der Waals surface area contributed by atoms with Gasteiger partial charge >= 0.3 is 0 Å². The lowest BCUT2D eigenvalue weighted by atomic mass is 10.2. The molecule has 3 rings (SSSR count). The van der Waals surface area contributed by atoms with Crippen LogP contribution in [0.4, 0.5) is 11.5 Å². The molecule has 2 aromatic rings. The van der Waals surface area contributed by atoms with Gasteiger partial charge < -0.3 is 14.8 Å². The van der Waals surface area contributed by atoms with Crippen molar-refractivity contribution >= 4 is 23.1 Å². The topological polar surface area (TPSA) is 56.3 Å². The number of hydrogen-bond acceptors (Lipinski definition) is 5. The Bertz CT molecular complexity index is 575. The summed E-state index contributed by atoms with van der Waals surface area (Å²) in [6.07, 6.45) is 0.889. The van der Waals surface area contributed by atoms with Gasteiger partial charge in [-0.05, 0) is 24.3 Å². The standard InChI is InChI=1S/C13H12ClN3O2/c14-12-4-5-13(17-16-12)15-9-2-3-10-11(8-9)19-7-1-6-18-10/h2-5,8H,1,6-7H2,(H,15,17). The number of benzene rings is 1. The van der Waals surface area contributed by atoms with Crippen molar-refractivity contribution in [2.75, 3.05) is 18.5 Å². The molecule has 0 amide bonds. The fourth-order valence-corrected chi connectivity index (χ4v) is 1.87. The lowest BCUT2D eigenvalue weighted by molar-refractivity contribution is 0.297. The van der Waals surface area contributed by atoms with Crippen LogP contribution < -0.4 is 14.8 Å². The van der Waals surface area contributed by atoms with Gasteiger partial charge in [-0.25, -0.2) is 0 Å². The second-order valence-corrected chi connectivity index (χ2v) is 4.47. The predicted octanol–water partition coefficient (Wildman–Crippen LogP) is 3.03. The molecule has 1 N–H and O–H groups in total. The van der Waals surface area contributed by atoms with Gasteiger partial charge in [0.2, 0.25) is 0 Å².